The number of nitrogens with zero attached hydrogens (tertiary/aromatic N) is 3. The molecular formula is C20H17N3OS2. The van der Waals surface area contributed by atoms with E-state index in [9.17, 15) is 0 Å². The third kappa shape index (κ3) is 2.90. The fourth-order valence-electron chi connectivity index (χ4n) is 3.23. The van der Waals surface area contributed by atoms with Crippen molar-refractivity contribution in [3.63, 3.8) is 0 Å². The van der Waals surface area contributed by atoms with Gasteiger partial charge in [0.1, 0.15) is 16.5 Å². The van der Waals surface area contributed by atoms with Gasteiger partial charge in [-0.05, 0) is 22.9 Å². The summed E-state index contributed by atoms with van der Waals surface area (Å²) in [7, 11) is 0. The number of fused-ring (bicyclic) bond motifs is 1. The number of pyridine rings is 1. The first kappa shape index (κ1) is 15.9. The van der Waals surface area contributed by atoms with Crippen LogP contribution in [0.2, 0.25) is 0 Å². The van der Waals surface area contributed by atoms with Crippen LogP contribution >= 0.6 is 22.7 Å². The first-order valence-corrected chi connectivity index (χ1v) is 10.4. The molecule has 1 aliphatic heterocycles. The molecule has 0 bridgehead atoms. The number of anilines is 1. The van der Waals surface area contributed by atoms with Gasteiger partial charge in [0, 0.05) is 23.9 Å². The number of thiazole rings is 1. The Hall–Kier alpha value is -2.28. The van der Waals surface area contributed by atoms with E-state index in [2.05, 4.69) is 58.1 Å². The van der Waals surface area contributed by atoms with Crippen LogP contribution in [0.4, 0.5) is 5.82 Å². The summed E-state index contributed by atoms with van der Waals surface area (Å²) in [6, 6.07) is 14.8. The smallest absolute Gasteiger partial charge is 0.137 e. The Kier molecular flexibility index (Phi) is 4.16. The zero-order valence-corrected chi connectivity index (χ0v) is 15.7. The summed E-state index contributed by atoms with van der Waals surface area (Å²) in [4.78, 5) is 13.4. The number of morpholine rings is 1. The van der Waals surface area contributed by atoms with E-state index in [-0.39, 0.29) is 0 Å². The second-order valence-electron chi connectivity index (χ2n) is 6.17. The van der Waals surface area contributed by atoms with Crippen LogP contribution < -0.4 is 4.90 Å². The van der Waals surface area contributed by atoms with E-state index in [1.165, 1.54) is 15.6 Å². The summed E-state index contributed by atoms with van der Waals surface area (Å²) in [5.41, 5.74) is 1.88. The quantitative estimate of drug-likeness (QED) is 0.506. The lowest BCUT2D eigenvalue weighted by Crippen LogP contribution is -2.36. The van der Waals surface area contributed by atoms with Crippen molar-refractivity contribution in [2.45, 2.75) is 0 Å². The van der Waals surface area contributed by atoms with Gasteiger partial charge in [-0.2, -0.15) is 0 Å². The van der Waals surface area contributed by atoms with Crippen molar-refractivity contribution in [3.8, 4) is 21.3 Å². The predicted molar refractivity (Wildman–Crippen MR) is 109 cm³/mol. The molecule has 0 radical (unpaired) electrons. The van der Waals surface area contributed by atoms with Gasteiger partial charge < -0.3 is 9.64 Å². The maximum atomic E-state index is 5.51. The molecule has 5 rings (SSSR count). The Morgan fingerprint density at radius 3 is 2.65 bits per heavy atom. The van der Waals surface area contributed by atoms with Crippen molar-refractivity contribution < 1.29 is 4.74 Å². The maximum Gasteiger partial charge on any atom is 0.137 e. The van der Waals surface area contributed by atoms with Gasteiger partial charge in [-0.1, -0.05) is 30.3 Å². The van der Waals surface area contributed by atoms with E-state index >= 15 is 0 Å². The molecule has 130 valence electrons. The van der Waals surface area contributed by atoms with Crippen LogP contribution in [0.5, 0.6) is 0 Å². The van der Waals surface area contributed by atoms with Crippen LogP contribution in [0.25, 0.3) is 32.0 Å². The number of aromatic nitrogens is 2. The average Bonchev–Trinajstić information content (AvgIpc) is 3.39. The number of ether oxygens (including phenoxy) is 1. The molecule has 0 N–H and O–H groups in total. The summed E-state index contributed by atoms with van der Waals surface area (Å²) in [5, 5.41) is 7.63. The van der Waals surface area contributed by atoms with Crippen molar-refractivity contribution in [3.05, 3.63) is 53.2 Å². The minimum absolute atomic E-state index is 0.749. The van der Waals surface area contributed by atoms with Gasteiger partial charge in [0.05, 0.1) is 23.8 Å². The Bertz CT molecular complexity index is 1040. The number of benzene rings is 1. The van der Waals surface area contributed by atoms with Crippen molar-refractivity contribution in [2.75, 3.05) is 31.2 Å². The topological polar surface area (TPSA) is 38.2 Å². The third-order valence-electron chi connectivity index (χ3n) is 4.53. The largest absolute Gasteiger partial charge is 0.378 e. The molecule has 0 amide bonds. The van der Waals surface area contributed by atoms with Crippen LogP contribution in [-0.4, -0.2) is 36.3 Å². The Labute approximate surface area is 159 Å². The first-order chi connectivity index (χ1) is 12.9. The molecule has 0 unspecified atom stereocenters. The van der Waals surface area contributed by atoms with Gasteiger partial charge in [-0.25, -0.2) is 9.97 Å². The number of hydrogen-bond acceptors (Lipinski definition) is 6. The molecule has 4 aromatic rings. The average molecular weight is 380 g/mol. The number of rotatable bonds is 3. The molecule has 1 aromatic carbocycles. The van der Waals surface area contributed by atoms with Gasteiger partial charge in [-0.15, -0.1) is 22.7 Å². The molecule has 0 spiro atoms. The first-order valence-electron chi connectivity index (χ1n) is 8.61. The van der Waals surface area contributed by atoms with Crippen LogP contribution in [0.3, 0.4) is 0 Å². The van der Waals surface area contributed by atoms with Gasteiger partial charge in [-0.3, -0.25) is 0 Å². The molecule has 4 nitrogen and oxygen atoms in total. The van der Waals surface area contributed by atoms with Crippen LogP contribution in [0, 0.1) is 0 Å². The van der Waals surface area contributed by atoms with Crippen LogP contribution in [-0.2, 0) is 4.74 Å². The highest BCUT2D eigenvalue weighted by molar-refractivity contribution is 7.20. The summed E-state index contributed by atoms with van der Waals surface area (Å²) < 4.78 is 5.51. The highest BCUT2D eigenvalue weighted by Crippen LogP contribution is 2.34. The zero-order chi connectivity index (χ0) is 17.3. The standard InChI is InChI=1S/C20H17N3OS2/c1-2-5-15-14(4-1)12-16(21-19(15)23-7-9-24-10-8-23)17-13-26-20(22-17)18-6-3-11-25-18/h1-6,11-13H,7-10H2. The SMILES string of the molecule is c1csc(-c2nc(-c3cc4ccccc4c(N4CCOCC4)n3)cs2)c1. The molecule has 6 heteroatoms. The molecule has 0 saturated carbocycles. The molecule has 3 aromatic heterocycles. The van der Waals surface area contributed by atoms with E-state index in [1.54, 1.807) is 22.7 Å². The molecule has 1 aliphatic rings. The fraction of sp³-hybridized carbons (Fsp3) is 0.200. The molecule has 0 aliphatic carbocycles. The molecule has 1 fully saturated rings. The number of thiophene rings is 1. The number of hydrogen-bond donors (Lipinski definition) is 0. The molecule has 0 atom stereocenters. The Morgan fingerprint density at radius 2 is 1.81 bits per heavy atom. The second-order valence-corrected chi connectivity index (χ2v) is 7.97. The van der Waals surface area contributed by atoms with Gasteiger partial charge in [0.25, 0.3) is 0 Å². The van der Waals surface area contributed by atoms with E-state index in [1.807, 2.05) is 0 Å². The second kappa shape index (κ2) is 6.79. The van der Waals surface area contributed by atoms with E-state index in [0.717, 1.165) is 48.5 Å². The molecule has 26 heavy (non-hydrogen) atoms. The van der Waals surface area contributed by atoms with E-state index < -0.39 is 0 Å². The Balaban J connectivity index is 1.62. The summed E-state index contributed by atoms with van der Waals surface area (Å²) in [6.45, 7) is 3.24. The van der Waals surface area contributed by atoms with Crippen molar-refractivity contribution in [1.82, 2.24) is 9.97 Å². The molecular weight excluding hydrogens is 362 g/mol. The molecule has 4 heterocycles. The monoisotopic (exact) mass is 379 g/mol. The van der Waals surface area contributed by atoms with Gasteiger partial charge in [0.15, 0.2) is 0 Å². The Morgan fingerprint density at radius 1 is 0.923 bits per heavy atom. The summed E-state index contributed by atoms with van der Waals surface area (Å²) in [6.07, 6.45) is 0. The highest BCUT2D eigenvalue weighted by atomic mass is 32.1. The fourth-order valence-corrected chi connectivity index (χ4v) is 4.86. The van der Waals surface area contributed by atoms with Crippen molar-refractivity contribution in [1.29, 1.82) is 0 Å². The zero-order valence-electron chi connectivity index (χ0n) is 14.1. The van der Waals surface area contributed by atoms with Crippen LogP contribution in [0.15, 0.2) is 53.2 Å². The summed E-state index contributed by atoms with van der Waals surface area (Å²) in [5.74, 6) is 1.03. The minimum atomic E-state index is 0.749. The lowest BCUT2D eigenvalue weighted by molar-refractivity contribution is 0.122. The highest BCUT2D eigenvalue weighted by Gasteiger charge is 2.18. The van der Waals surface area contributed by atoms with Crippen molar-refractivity contribution >= 4 is 39.3 Å². The maximum absolute atomic E-state index is 5.51. The van der Waals surface area contributed by atoms with Gasteiger partial charge >= 0.3 is 0 Å². The predicted octanol–water partition coefficient (Wildman–Crippen LogP) is 4.92. The normalized spacial score (nSPS) is 14.8. The van der Waals surface area contributed by atoms with Crippen LogP contribution in [0.1, 0.15) is 0 Å². The van der Waals surface area contributed by atoms with E-state index in [4.69, 9.17) is 14.7 Å². The summed E-state index contributed by atoms with van der Waals surface area (Å²) >= 11 is 3.39. The molecule has 1 saturated heterocycles. The minimum Gasteiger partial charge on any atom is -0.378 e. The van der Waals surface area contributed by atoms with Gasteiger partial charge in [0.2, 0.25) is 0 Å². The van der Waals surface area contributed by atoms with Crippen molar-refractivity contribution in [2.24, 2.45) is 0 Å². The third-order valence-corrected chi connectivity index (χ3v) is 6.41. The van der Waals surface area contributed by atoms with E-state index in [0.29, 0.717) is 0 Å². The lowest BCUT2D eigenvalue weighted by Gasteiger charge is -2.29. The lowest BCUT2D eigenvalue weighted by atomic mass is 10.1.